The van der Waals surface area contributed by atoms with Crippen molar-refractivity contribution in [2.45, 2.75) is 13.8 Å². The summed E-state index contributed by atoms with van der Waals surface area (Å²) in [6.45, 7) is 3.09. The van der Waals surface area contributed by atoms with E-state index < -0.39 is 24.5 Å². The van der Waals surface area contributed by atoms with E-state index >= 15 is 0 Å². The Morgan fingerprint density at radius 2 is 1.71 bits per heavy atom. The molecule has 0 heterocycles. The Kier molecular flexibility index (Phi) is 5.71. The monoisotopic (exact) mass is 293 g/mol. The number of primary amides is 1. The molecule has 0 radical (unpaired) electrons. The Labute approximate surface area is 122 Å². The SMILES string of the molecule is CCN(CC(N)=O)C(=O)N(CC(=O)O)c1ccc(C)cc1. The van der Waals surface area contributed by atoms with E-state index in [0.717, 1.165) is 10.5 Å². The number of carboxylic acid groups (broad SMARTS) is 1. The van der Waals surface area contributed by atoms with Crippen molar-refractivity contribution < 1.29 is 19.5 Å². The maximum Gasteiger partial charge on any atom is 0.325 e. The summed E-state index contributed by atoms with van der Waals surface area (Å²) in [7, 11) is 0. The molecule has 0 aliphatic rings. The fraction of sp³-hybridized carbons (Fsp3) is 0.357. The minimum absolute atomic E-state index is 0.253. The van der Waals surface area contributed by atoms with E-state index in [4.69, 9.17) is 10.8 Å². The van der Waals surface area contributed by atoms with Gasteiger partial charge in [-0.25, -0.2) is 4.79 Å². The molecule has 7 nitrogen and oxygen atoms in total. The number of benzene rings is 1. The van der Waals surface area contributed by atoms with Crippen LogP contribution in [0.2, 0.25) is 0 Å². The first-order valence-corrected chi connectivity index (χ1v) is 6.48. The molecule has 21 heavy (non-hydrogen) atoms. The van der Waals surface area contributed by atoms with Crippen LogP contribution in [0.1, 0.15) is 12.5 Å². The lowest BCUT2D eigenvalue weighted by atomic mass is 10.2. The van der Waals surface area contributed by atoms with Crippen molar-refractivity contribution in [1.29, 1.82) is 0 Å². The number of anilines is 1. The maximum atomic E-state index is 12.4. The van der Waals surface area contributed by atoms with Gasteiger partial charge in [0.15, 0.2) is 0 Å². The molecule has 7 heteroatoms. The highest BCUT2D eigenvalue weighted by molar-refractivity contribution is 5.97. The fourth-order valence-corrected chi connectivity index (χ4v) is 1.80. The molecule has 3 N–H and O–H groups in total. The van der Waals surface area contributed by atoms with Crippen LogP contribution in [0.25, 0.3) is 0 Å². The van der Waals surface area contributed by atoms with E-state index in [1.165, 1.54) is 4.90 Å². The number of hydrogen-bond acceptors (Lipinski definition) is 3. The van der Waals surface area contributed by atoms with Gasteiger partial charge < -0.3 is 15.7 Å². The number of rotatable bonds is 6. The van der Waals surface area contributed by atoms with E-state index in [0.29, 0.717) is 5.69 Å². The zero-order valence-electron chi connectivity index (χ0n) is 12.1. The van der Waals surface area contributed by atoms with Gasteiger partial charge in [0.25, 0.3) is 0 Å². The molecule has 0 aromatic heterocycles. The van der Waals surface area contributed by atoms with Gasteiger partial charge >= 0.3 is 12.0 Å². The lowest BCUT2D eigenvalue weighted by molar-refractivity contribution is -0.135. The summed E-state index contributed by atoms with van der Waals surface area (Å²) < 4.78 is 0. The Morgan fingerprint density at radius 3 is 2.14 bits per heavy atom. The topological polar surface area (TPSA) is 104 Å². The number of carbonyl (C=O) groups is 3. The fourth-order valence-electron chi connectivity index (χ4n) is 1.80. The molecule has 0 saturated carbocycles. The zero-order valence-corrected chi connectivity index (χ0v) is 12.1. The summed E-state index contributed by atoms with van der Waals surface area (Å²) >= 11 is 0. The minimum Gasteiger partial charge on any atom is -0.480 e. The summed E-state index contributed by atoms with van der Waals surface area (Å²) in [4.78, 5) is 36.7. The van der Waals surface area contributed by atoms with Gasteiger partial charge in [-0.3, -0.25) is 14.5 Å². The second-order valence-corrected chi connectivity index (χ2v) is 4.58. The third kappa shape index (κ3) is 4.79. The predicted molar refractivity (Wildman–Crippen MR) is 78.0 cm³/mol. The van der Waals surface area contributed by atoms with Crippen LogP contribution in [0.15, 0.2) is 24.3 Å². The Bertz CT molecular complexity index is 528. The summed E-state index contributed by atoms with van der Waals surface area (Å²) in [6, 6.07) is 6.31. The van der Waals surface area contributed by atoms with Crippen LogP contribution in [-0.2, 0) is 9.59 Å². The number of urea groups is 1. The van der Waals surface area contributed by atoms with Gasteiger partial charge in [0.2, 0.25) is 5.91 Å². The van der Waals surface area contributed by atoms with Crippen LogP contribution < -0.4 is 10.6 Å². The highest BCUT2D eigenvalue weighted by atomic mass is 16.4. The van der Waals surface area contributed by atoms with Crippen molar-refractivity contribution in [3.8, 4) is 0 Å². The van der Waals surface area contributed by atoms with Gasteiger partial charge in [-0.1, -0.05) is 17.7 Å². The van der Waals surface area contributed by atoms with Gasteiger partial charge in [0.1, 0.15) is 13.1 Å². The standard InChI is InChI=1S/C14H19N3O4/c1-3-16(8-12(15)18)14(21)17(9-13(19)20)11-6-4-10(2)5-7-11/h4-7H,3,8-9H2,1-2H3,(H2,15,18)(H,19,20). The van der Waals surface area contributed by atoms with E-state index in [1.54, 1.807) is 31.2 Å². The second kappa shape index (κ2) is 7.28. The molecule has 0 spiro atoms. The molecule has 0 fully saturated rings. The van der Waals surface area contributed by atoms with Gasteiger partial charge in [0, 0.05) is 12.2 Å². The first-order valence-electron chi connectivity index (χ1n) is 6.48. The number of nitrogens with zero attached hydrogens (tertiary/aromatic N) is 2. The molecule has 0 bridgehead atoms. The van der Waals surface area contributed by atoms with Crippen LogP contribution in [0.3, 0.4) is 0 Å². The summed E-state index contributed by atoms with van der Waals surface area (Å²) in [5.74, 6) is -1.79. The smallest absolute Gasteiger partial charge is 0.325 e. The molecule has 1 aromatic rings. The Morgan fingerprint density at radius 1 is 1.14 bits per heavy atom. The number of amides is 3. The van der Waals surface area contributed by atoms with Crippen LogP contribution in [0, 0.1) is 6.92 Å². The number of aliphatic carboxylic acids is 1. The number of likely N-dealkylation sites (N-methyl/N-ethyl adjacent to an activating group) is 1. The summed E-state index contributed by atoms with van der Waals surface area (Å²) in [5.41, 5.74) is 6.55. The molecular formula is C14H19N3O4. The van der Waals surface area contributed by atoms with Crippen LogP contribution in [-0.4, -0.2) is 47.5 Å². The Hall–Kier alpha value is -2.57. The van der Waals surface area contributed by atoms with Crippen LogP contribution >= 0.6 is 0 Å². The molecule has 0 aliphatic carbocycles. The average Bonchev–Trinajstić information content (AvgIpc) is 2.42. The normalized spacial score (nSPS) is 10.0. The third-order valence-corrected chi connectivity index (χ3v) is 2.87. The van der Waals surface area contributed by atoms with Crippen LogP contribution in [0.5, 0.6) is 0 Å². The first kappa shape index (κ1) is 16.5. The maximum absolute atomic E-state index is 12.4. The zero-order chi connectivity index (χ0) is 16.0. The molecular weight excluding hydrogens is 274 g/mol. The van der Waals surface area contributed by atoms with Crippen molar-refractivity contribution in [2.24, 2.45) is 5.73 Å². The third-order valence-electron chi connectivity index (χ3n) is 2.87. The predicted octanol–water partition coefficient (Wildman–Crippen LogP) is 0.813. The number of hydrogen-bond donors (Lipinski definition) is 2. The number of carbonyl (C=O) groups excluding carboxylic acids is 2. The highest BCUT2D eigenvalue weighted by Crippen LogP contribution is 2.17. The van der Waals surface area contributed by atoms with Gasteiger partial charge in [-0.2, -0.15) is 0 Å². The number of aryl methyl sites for hydroxylation is 1. The van der Waals surface area contributed by atoms with E-state index in [-0.39, 0.29) is 13.1 Å². The van der Waals surface area contributed by atoms with Crippen molar-refractivity contribution in [3.05, 3.63) is 29.8 Å². The average molecular weight is 293 g/mol. The van der Waals surface area contributed by atoms with Crippen molar-refractivity contribution >= 4 is 23.6 Å². The quantitative estimate of drug-likeness (QED) is 0.810. The lowest BCUT2D eigenvalue weighted by Crippen LogP contribution is -2.48. The van der Waals surface area contributed by atoms with E-state index in [1.807, 2.05) is 6.92 Å². The van der Waals surface area contributed by atoms with Crippen molar-refractivity contribution in [1.82, 2.24) is 4.90 Å². The van der Waals surface area contributed by atoms with Crippen LogP contribution in [0.4, 0.5) is 10.5 Å². The minimum atomic E-state index is -1.14. The highest BCUT2D eigenvalue weighted by Gasteiger charge is 2.24. The molecule has 1 aromatic carbocycles. The van der Waals surface area contributed by atoms with Gasteiger partial charge in [-0.15, -0.1) is 0 Å². The number of nitrogens with two attached hydrogens (primary N) is 1. The van der Waals surface area contributed by atoms with E-state index in [2.05, 4.69) is 0 Å². The summed E-state index contributed by atoms with van der Waals surface area (Å²) in [5, 5.41) is 8.98. The van der Waals surface area contributed by atoms with Gasteiger partial charge in [-0.05, 0) is 26.0 Å². The number of carboxylic acids is 1. The molecule has 0 saturated heterocycles. The molecule has 1 rings (SSSR count). The molecule has 3 amide bonds. The largest absolute Gasteiger partial charge is 0.480 e. The Balaban J connectivity index is 3.05. The van der Waals surface area contributed by atoms with Gasteiger partial charge in [0.05, 0.1) is 0 Å². The lowest BCUT2D eigenvalue weighted by Gasteiger charge is -2.28. The second-order valence-electron chi connectivity index (χ2n) is 4.58. The first-order chi connectivity index (χ1) is 9.85. The summed E-state index contributed by atoms with van der Waals surface area (Å²) in [6.07, 6.45) is 0. The van der Waals surface area contributed by atoms with Crippen molar-refractivity contribution in [3.63, 3.8) is 0 Å². The van der Waals surface area contributed by atoms with E-state index in [9.17, 15) is 14.4 Å². The van der Waals surface area contributed by atoms with Crippen molar-refractivity contribution in [2.75, 3.05) is 24.5 Å². The molecule has 0 atom stereocenters. The molecule has 0 unspecified atom stereocenters. The molecule has 114 valence electrons. The molecule has 0 aliphatic heterocycles.